The standard InChI is InChI=1S/C16H21N5/c1-16(6-2-3-7-16)15-20-19-14-13(18-9-10-21(14)15)12-5-4-8-17-11-12/h4-5,8,11,13,18H,2-3,6-7,9-10H2,1H3. The van der Waals surface area contributed by atoms with E-state index in [0.29, 0.717) is 0 Å². The van der Waals surface area contributed by atoms with Gasteiger partial charge in [-0.05, 0) is 24.5 Å². The van der Waals surface area contributed by atoms with Crippen LogP contribution in [-0.2, 0) is 12.0 Å². The molecule has 110 valence electrons. The van der Waals surface area contributed by atoms with Crippen LogP contribution in [0, 0.1) is 0 Å². The molecule has 1 fully saturated rings. The molecule has 0 radical (unpaired) electrons. The Bertz CT molecular complexity index is 627. The van der Waals surface area contributed by atoms with Crippen molar-refractivity contribution in [3.05, 3.63) is 41.7 Å². The smallest absolute Gasteiger partial charge is 0.154 e. The summed E-state index contributed by atoms with van der Waals surface area (Å²) in [6, 6.07) is 4.19. The summed E-state index contributed by atoms with van der Waals surface area (Å²) in [4.78, 5) is 4.23. The molecule has 21 heavy (non-hydrogen) atoms. The Hall–Kier alpha value is -1.75. The predicted octanol–water partition coefficient (Wildman–Crippen LogP) is 2.20. The summed E-state index contributed by atoms with van der Waals surface area (Å²) in [7, 11) is 0. The summed E-state index contributed by atoms with van der Waals surface area (Å²) in [5.74, 6) is 2.22. The minimum absolute atomic E-state index is 0.110. The van der Waals surface area contributed by atoms with E-state index in [1.807, 2.05) is 18.5 Å². The Morgan fingerprint density at radius 3 is 2.90 bits per heavy atom. The lowest BCUT2D eigenvalue weighted by molar-refractivity contribution is 0.392. The van der Waals surface area contributed by atoms with Gasteiger partial charge in [-0.25, -0.2) is 0 Å². The molecule has 0 amide bonds. The van der Waals surface area contributed by atoms with Crippen molar-refractivity contribution in [2.75, 3.05) is 6.54 Å². The van der Waals surface area contributed by atoms with Crippen LogP contribution in [0.25, 0.3) is 0 Å². The van der Waals surface area contributed by atoms with Gasteiger partial charge < -0.3 is 9.88 Å². The van der Waals surface area contributed by atoms with E-state index >= 15 is 0 Å². The lowest BCUT2D eigenvalue weighted by atomic mass is 9.87. The van der Waals surface area contributed by atoms with Gasteiger partial charge in [0.1, 0.15) is 5.82 Å². The van der Waals surface area contributed by atoms with Crippen molar-refractivity contribution >= 4 is 0 Å². The number of fused-ring (bicyclic) bond motifs is 1. The molecular weight excluding hydrogens is 262 g/mol. The molecule has 1 aliphatic heterocycles. The van der Waals surface area contributed by atoms with Gasteiger partial charge in [-0.1, -0.05) is 25.8 Å². The van der Waals surface area contributed by atoms with Crippen molar-refractivity contribution in [1.82, 2.24) is 25.1 Å². The molecule has 1 unspecified atom stereocenters. The van der Waals surface area contributed by atoms with Gasteiger partial charge >= 0.3 is 0 Å². The van der Waals surface area contributed by atoms with E-state index in [1.54, 1.807) is 0 Å². The Morgan fingerprint density at radius 2 is 2.14 bits per heavy atom. The maximum absolute atomic E-state index is 4.58. The first-order valence-corrected chi connectivity index (χ1v) is 7.85. The number of pyridine rings is 1. The molecule has 2 aromatic rings. The van der Waals surface area contributed by atoms with E-state index in [0.717, 1.165) is 24.5 Å². The molecule has 3 heterocycles. The van der Waals surface area contributed by atoms with Crippen LogP contribution in [-0.4, -0.2) is 26.3 Å². The second kappa shape index (κ2) is 4.91. The van der Waals surface area contributed by atoms with Gasteiger partial charge in [0.25, 0.3) is 0 Å². The number of nitrogens with zero attached hydrogens (tertiary/aromatic N) is 4. The Balaban J connectivity index is 1.75. The van der Waals surface area contributed by atoms with Crippen LogP contribution in [0.15, 0.2) is 24.5 Å². The van der Waals surface area contributed by atoms with Gasteiger partial charge in [0.2, 0.25) is 0 Å². The normalized spacial score (nSPS) is 24.0. The molecule has 0 spiro atoms. The third-order valence-corrected chi connectivity index (χ3v) is 4.99. The van der Waals surface area contributed by atoms with Crippen LogP contribution in [0.5, 0.6) is 0 Å². The molecule has 1 N–H and O–H groups in total. The first kappa shape index (κ1) is 13.0. The van der Waals surface area contributed by atoms with Crippen molar-refractivity contribution < 1.29 is 0 Å². The van der Waals surface area contributed by atoms with Gasteiger partial charge in [0.15, 0.2) is 5.82 Å². The van der Waals surface area contributed by atoms with Crippen molar-refractivity contribution in [3.63, 3.8) is 0 Å². The summed E-state index contributed by atoms with van der Waals surface area (Å²) in [6.07, 6.45) is 8.80. The van der Waals surface area contributed by atoms with Crippen LogP contribution in [0.3, 0.4) is 0 Å². The molecule has 2 aromatic heterocycles. The quantitative estimate of drug-likeness (QED) is 0.918. The Labute approximate surface area is 124 Å². The summed E-state index contributed by atoms with van der Waals surface area (Å²) in [5.41, 5.74) is 1.37. The van der Waals surface area contributed by atoms with Gasteiger partial charge in [0.05, 0.1) is 6.04 Å². The molecule has 0 bridgehead atoms. The van der Waals surface area contributed by atoms with Crippen LogP contribution in [0.4, 0.5) is 0 Å². The average molecular weight is 283 g/mol. The first-order chi connectivity index (χ1) is 10.3. The minimum Gasteiger partial charge on any atom is -0.312 e. The van der Waals surface area contributed by atoms with E-state index in [4.69, 9.17) is 0 Å². The third kappa shape index (κ3) is 2.07. The summed E-state index contributed by atoms with van der Waals surface area (Å²) >= 11 is 0. The number of hydrogen-bond donors (Lipinski definition) is 1. The zero-order valence-corrected chi connectivity index (χ0v) is 12.4. The highest BCUT2D eigenvalue weighted by Crippen LogP contribution is 2.40. The average Bonchev–Trinajstić information content (AvgIpc) is 3.15. The molecule has 4 rings (SSSR count). The largest absolute Gasteiger partial charge is 0.312 e. The second-order valence-corrected chi connectivity index (χ2v) is 6.47. The zero-order chi connectivity index (χ0) is 14.3. The van der Waals surface area contributed by atoms with Crippen LogP contribution < -0.4 is 5.32 Å². The monoisotopic (exact) mass is 283 g/mol. The zero-order valence-electron chi connectivity index (χ0n) is 12.4. The van der Waals surface area contributed by atoms with Crippen molar-refractivity contribution in [3.8, 4) is 0 Å². The van der Waals surface area contributed by atoms with E-state index in [1.165, 1.54) is 31.5 Å². The highest BCUT2D eigenvalue weighted by Gasteiger charge is 2.38. The van der Waals surface area contributed by atoms with Gasteiger partial charge in [-0.3, -0.25) is 4.98 Å². The Morgan fingerprint density at radius 1 is 1.29 bits per heavy atom. The highest BCUT2D eigenvalue weighted by molar-refractivity contribution is 5.25. The molecule has 1 atom stereocenters. The van der Waals surface area contributed by atoms with Gasteiger partial charge in [-0.2, -0.15) is 0 Å². The fourth-order valence-electron chi connectivity index (χ4n) is 3.80. The minimum atomic E-state index is 0.110. The number of hydrogen-bond acceptors (Lipinski definition) is 4. The molecule has 5 nitrogen and oxygen atoms in total. The third-order valence-electron chi connectivity index (χ3n) is 4.99. The van der Waals surface area contributed by atoms with E-state index in [-0.39, 0.29) is 11.5 Å². The first-order valence-electron chi connectivity index (χ1n) is 7.85. The van der Waals surface area contributed by atoms with Gasteiger partial charge in [-0.15, -0.1) is 10.2 Å². The highest BCUT2D eigenvalue weighted by atomic mass is 15.3. The van der Waals surface area contributed by atoms with E-state index in [2.05, 4.69) is 38.1 Å². The SMILES string of the molecule is CC1(c2nnc3n2CCNC3c2cccnc2)CCCC1. The summed E-state index contributed by atoms with van der Waals surface area (Å²) < 4.78 is 2.35. The predicted molar refractivity (Wildman–Crippen MR) is 79.9 cm³/mol. The van der Waals surface area contributed by atoms with Crippen LogP contribution in [0.1, 0.15) is 55.9 Å². The topological polar surface area (TPSA) is 55.6 Å². The lowest BCUT2D eigenvalue weighted by Crippen LogP contribution is -2.36. The van der Waals surface area contributed by atoms with Crippen molar-refractivity contribution in [2.45, 2.75) is 50.6 Å². The lowest BCUT2D eigenvalue weighted by Gasteiger charge is -2.29. The number of nitrogens with one attached hydrogen (secondary N) is 1. The fourth-order valence-corrected chi connectivity index (χ4v) is 3.80. The molecular formula is C16H21N5. The number of aromatic nitrogens is 4. The van der Waals surface area contributed by atoms with Crippen LogP contribution >= 0.6 is 0 Å². The number of rotatable bonds is 2. The van der Waals surface area contributed by atoms with E-state index < -0.39 is 0 Å². The van der Waals surface area contributed by atoms with Crippen molar-refractivity contribution in [1.29, 1.82) is 0 Å². The van der Waals surface area contributed by atoms with Gasteiger partial charge in [0, 0.05) is 30.9 Å². The molecule has 1 aliphatic carbocycles. The molecule has 5 heteroatoms. The summed E-state index contributed by atoms with van der Waals surface area (Å²) in [6.45, 7) is 4.26. The van der Waals surface area contributed by atoms with Crippen molar-refractivity contribution in [2.24, 2.45) is 0 Å². The van der Waals surface area contributed by atoms with Crippen LogP contribution in [0.2, 0.25) is 0 Å². The maximum atomic E-state index is 4.58. The molecule has 0 saturated heterocycles. The van der Waals surface area contributed by atoms with E-state index in [9.17, 15) is 0 Å². The second-order valence-electron chi connectivity index (χ2n) is 6.47. The molecule has 1 saturated carbocycles. The molecule has 0 aromatic carbocycles. The maximum Gasteiger partial charge on any atom is 0.154 e. The summed E-state index contributed by atoms with van der Waals surface area (Å²) in [5, 5.41) is 12.7. The Kier molecular flexibility index (Phi) is 3.03. The fraction of sp³-hybridized carbons (Fsp3) is 0.562. The molecule has 2 aliphatic rings.